The van der Waals surface area contributed by atoms with E-state index in [1.807, 2.05) is 6.07 Å². The van der Waals surface area contributed by atoms with Crippen molar-refractivity contribution < 1.29 is 4.74 Å². The first kappa shape index (κ1) is 11.8. The Hall–Kier alpha value is -1.29. The Balaban J connectivity index is 1.71. The van der Waals surface area contributed by atoms with E-state index in [2.05, 4.69) is 0 Å². The molecule has 1 saturated carbocycles. The molecule has 4 heteroatoms. The SMILES string of the molecule is Nc1cccn(CC2CCC3(CCCC3)O2)c1=O. The van der Waals surface area contributed by atoms with Gasteiger partial charge in [0.05, 0.1) is 23.9 Å². The Morgan fingerprint density at radius 3 is 2.94 bits per heavy atom. The summed E-state index contributed by atoms with van der Waals surface area (Å²) in [4.78, 5) is 11.9. The normalized spacial score (nSPS) is 25.9. The summed E-state index contributed by atoms with van der Waals surface area (Å²) in [5.74, 6) is 0. The lowest BCUT2D eigenvalue weighted by atomic mass is 9.98. The average molecular weight is 248 g/mol. The third-order valence-electron chi connectivity index (χ3n) is 4.30. The zero-order valence-corrected chi connectivity index (χ0v) is 10.6. The maximum absolute atomic E-state index is 11.9. The average Bonchev–Trinajstić information content (AvgIpc) is 2.97. The van der Waals surface area contributed by atoms with E-state index in [4.69, 9.17) is 10.5 Å². The van der Waals surface area contributed by atoms with Crippen molar-refractivity contribution in [3.63, 3.8) is 0 Å². The largest absolute Gasteiger partial charge is 0.394 e. The van der Waals surface area contributed by atoms with Crippen LogP contribution in [0.5, 0.6) is 0 Å². The van der Waals surface area contributed by atoms with Gasteiger partial charge in [0.1, 0.15) is 0 Å². The molecule has 2 N–H and O–H groups in total. The van der Waals surface area contributed by atoms with Crippen molar-refractivity contribution in [3.05, 3.63) is 28.7 Å². The highest BCUT2D eigenvalue weighted by Crippen LogP contribution is 2.43. The van der Waals surface area contributed by atoms with Crippen molar-refractivity contribution in [1.82, 2.24) is 4.57 Å². The van der Waals surface area contributed by atoms with Gasteiger partial charge in [-0.3, -0.25) is 4.79 Å². The Kier molecular flexibility index (Phi) is 2.90. The van der Waals surface area contributed by atoms with Gasteiger partial charge in [-0.25, -0.2) is 0 Å². The quantitative estimate of drug-likeness (QED) is 0.870. The molecule has 1 aliphatic carbocycles. The summed E-state index contributed by atoms with van der Waals surface area (Å²) in [6, 6.07) is 3.46. The van der Waals surface area contributed by atoms with E-state index in [0.29, 0.717) is 12.2 Å². The van der Waals surface area contributed by atoms with E-state index < -0.39 is 0 Å². The van der Waals surface area contributed by atoms with E-state index in [-0.39, 0.29) is 17.3 Å². The van der Waals surface area contributed by atoms with Gasteiger partial charge in [0, 0.05) is 6.20 Å². The summed E-state index contributed by atoms with van der Waals surface area (Å²) in [6.07, 6.45) is 9.11. The van der Waals surface area contributed by atoms with Crippen molar-refractivity contribution in [1.29, 1.82) is 0 Å². The second-order valence-corrected chi connectivity index (χ2v) is 5.59. The molecule has 0 radical (unpaired) electrons. The van der Waals surface area contributed by atoms with Crippen molar-refractivity contribution in [2.24, 2.45) is 0 Å². The predicted molar refractivity (Wildman–Crippen MR) is 70.4 cm³/mol. The van der Waals surface area contributed by atoms with Crippen LogP contribution in [-0.2, 0) is 11.3 Å². The number of hydrogen-bond donors (Lipinski definition) is 1. The molecule has 0 amide bonds. The number of nitrogens with two attached hydrogens (primary N) is 1. The number of anilines is 1. The Labute approximate surface area is 107 Å². The lowest BCUT2D eigenvalue weighted by Crippen LogP contribution is -2.30. The van der Waals surface area contributed by atoms with Crippen molar-refractivity contribution in [2.75, 3.05) is 5.73 Å². The van der Waals surface area contributed by atoms with Gasteiger partial charge >= 0.3 is 0 Å². The molecule has 0 bridgehead atoms. The monoisotopic (exact) mass is 248 g/mol. The standard InChI is InChI=1S/C14H20N2O2/c15-12-4-3-9-16(13(12)17)10-11-5-8-14(18-11)6-1-2-7-14/h3-4,9,11H,1-2,5-8,10,15H2. The fraction of sp³-hybridized carbons (Fsp3) is 0.643. The van der Waals surface area contributed by atoms with E-state index in [0.717, 1.165) is 12.8 Å². The molecule has 1 aromatic rings. The van der Waals surface area contributed by atoms with Crippen LogP contribution in [0.1, 0.15) is 38.5 Å². The lowest BCUT2D eigenvalue weighted by molar-refractivity contribution is -0.0420. The van der Waals surface area contributed by atoms with Gasteiger partial charge < -0.3 is 15.0 Å². The minimum atomic E-state index is -0.103. The predicted octanol–water partition coefficient (Wildman–Crippen LogP) is 1.92. The molecule has 18 heavy (non-hydrogen) atoms. The topological polar surface area (TPSA) is 57.2 Å². The molecule has 1 atom stereocenters. The van der Waals surface area contributed by atoms with E-state index in [1.165, 1.54) is 25.7 Å². The molecule has 2 fully saturated rings. The van der Waals surface area contributed by atoms with Crippen molar-refractivity contribution >= 4 is 5.69 Å². The summed E-state index contributed by atoms with van der Waals surface area (Å²) < 4.78 is 7.88. The first-order valence-electron chi connectivity index (χ1n) is 6.81. The Morgan fingerprint density at radius 2 is 2.17 bits per heavy atom. The maximum Gasteiger partial charge on any atom is 0.273 e. The zero-order chi connectivity index (χ0) is 12.6. The number of aromatic nitrogens is 1. The molecule has 1 spiro atoms. The molecule has 2 heterocycles. The van der Waals surface area contributed by atoms with Crippen LogP contribution in [0.3, 0.4) is 0 Å². The van der Waals surface area contributed by atoms with E-state index >= 15 is 0 Å². The van der Waals surface area contributed by atoms with Crippen molar-refractivity contribution in [2.45, 2.75) is 56.8 Å². The fourth-order valence-corrected chi connectivity index (χ4v) is 3.33. The summed E-state index contributed by atoms with van der Waals surface area (Å²) in [6.45, 7) is 0.631. The van der Waals surface area contributed by atoms with Gasteiger partial charge in [0.25, 0.3) is 5.56 Å². The summed E-state index contributed by atoms with van der Waals surface area (Å²) >= 11 is 0. The van der Waals surface area contributed by atoms with Crippen LogP contribution < -0.4 is 11.3 Å². The molecule has 1 aliphatic heterocycles. The van der Waals surface area contributed by atoms with Crippen LogP contribution in [0.4, 0.5) is 5.69 Å². The second-order valence-electron chi connectivity index (χ2n) is 5.59. The highest BCUT2D eigenvalue weighted by Gasteiger charge is 2.42. The molecule has 1 aromatic heterocycles. The van der Waals surface area contributed by atoms with Gasteiger partial charge in [0.15, 0.2) is 0 Å². The minimum absolute atomic E-state index is 0.103. The molecule has 98 valence electrons. The third kappa shape index (κ3) is 2.05. The lowest BCUT2D eigenvalue weighted by Gasteiger charge is -2.24. The maximum atomic E-state index is 11.9. The van der Waals surface area contributed by atoms with Crippen LogP contribution in [0, 0.1) is 0 Å². The first-order valence-corrected chi connectivity index (χ1v) is 6.81. The summed E-state index contributed by atoms with van der Waals surface area (Å²) in [5.41, 5.74) is 5.98. The highest BCUT2D eigenvalue weighted by molar-refractivity contribution is 5.33. The van der Waals surface area contributed by atoms with Crippen LogP contribution >= 0.6 is 0 Å². The fourth-order valence-electron chi connectivity index (χ4n) is 3.33. The van der Waals surface area contributed by atoms with Gasteiger partial charge in [-0.1, -0.05) is 12.8 Å². The molecule has 1 saturated heterocycles. The molecule has 0 aromatic carbocycles. The molecular weight excluding hydrogens is 228 g/mol. The second kappa shape index (κ2) is 4.43. The van der Waals surface area contributed by atoms with Crippen LogP contribution in [-0.4, -0.2) is 16.3 Å². The number of pyridine rings is 1. The minimum Gasteiger partial charge on any atom is -0.394 e. The van der Waals surface area contributed by atoms with Crippen LogP contribution in [0.2, 0.25) is 0 Å². The Morgan fingerprint density at radius 1 is 1.39 bits per heavy atom. The number of nitrogens with zero attached hydrogens (tertiary/aromatic N) is 1. The van der Waals surface area contributed by atoms with E-state index in [9.17, 15) is 4.79 Å². The van der Waals surface area contributed by atoms with Crippen LogP contribution in [0.15, 0.2) is 23.1 Å². The summed E-state index contributed by atoms with van der Waals surface area (Å²) in [5, 5.41) is 0. The van der Waals surface area contributed by atoms with Crippen LogP contribution in [0.25, 0.3) is 0 Å². The molecule has 3 rings (SSSR count). The smallest absolute Gasteiger partial charge is 0.273 e. The van der Waals surface area contributed by atoms with Crippen molar-refractivity contribution in [3.8, 4) is 0 Å². The first-order chi connectivity index (χ1) is 8.69. The molecular formula is C14H20N2O2. The van der Waals surface area contributed by atoms with Gasteiger partial charge in [0.2, 0.25) is 0 Å². The number of hydrogen-bond acceptors (Lipinski definition) is 3. The van der Waals surface area contributed by atoms with Gasteiger partial charge in [-0.05, 0) is 37.8 Å². The Bertz CT molecular complexity index is 489. The van der Waals surface area contributed by atoms with E-state index in [1.54, 1.807) is 16.8 Å². The molecule has 2 aliphatic rings. The number of rotatable bonds is 2. The number of nitrogen functional groups attached to an aromatic ring is 1. The highest BCUT2D eigenvalue weighted by atomic mass is 16.5. The zero-order valence-electron chi connectivity index (χ0n) is 10.6. The van der Waals surface area contributed by atoms with Gasteiger partial charge in [-0.2, -0.15) is 0 Å². The third-order valence-corrected chi connectivity index (χ3v) is 4.30. The summed E-state index contributed by atoms with van der Waals surface area (Å²) in [7, 11) is 0. The molecule has 4 nitrogen and oxygen atoms in total. The molecule has 1 unspecified atom stereocenters. The van der Waals surface area contributed by atoms with Gasteiger partial charge in [-0.15, -0.1) is 0 Å². The number of ether oxygens (including phenoxy) is 1.